The molecule has 0 bridgehead atoms. The van der Waals surface area contributed by atoms with E-state index in [1.54, 1.807) is 0 Å². The van der Waals surface area contributed by atoms with Crippen LogP contribution in [0.3, 0.4) is 0 Å². The summed E-state index contributed by atoms with van der Waals surface area (Å²) in [6.07, 6.45) is 0.351. The molecule has 0 aromatic heterocycles. The molecule has 0 spiro atoms. The number of hydrogen-bond acceptors (Lipinski definition) is 2. The Morgan fingerprint density at radius 1 is 0.875 bits per heavy atom. The molecule has 0 atom stereocenters. The number of ether oxygens (including phenoxy) is 1. The van der Waals surface area contributed by atoms with Gasteiger partial charge in [-0.2, -0.15) is 0 Å². The standard InChI is InChI=1S/C21H19NO2/c1-16-10-12-19(13-11-16)24-20-9-5-8-18(15-20)22-21(23)14-17-6-3-2-4-7-17/h2-13,15H,14H2,1H3,(H,22,23). The van der Waals surface area contributed by atoms with Crippen molar-refractivity contribution in [3.63, 3.8) is 0 Å². The van der Waals surface area contributed by atoms with Crippen LogP contribution in [0.15, 0.2) is 78.9 Å². The summed E-state index contributed by atoms with van der Waals surface area (Å²) >= 11 is 0. The lowest BCUT2D eigenvalue weighted by Gasteiger charge is -2.09. The van der Waals surface area contributed by atoms with E-state index in [4.69, 9.17) is 4.74 Å². The van der Waals surface area contributed by atoms with Gasteiger partial charge < -0.3 is 10.1 Å². The van der Waals surface area contributed by atoms with Gasteiger partial charge in [-0.3, -0.25) is 4.79 Å². The normalized spacial score (nSPS) is 10.2. The average molecular weight is 317 g/mol. The molecule has 3 aromatic rings. The van der Waals surface area contributed by atoms with E-state index in [1.807, 2.05) is 85.8 Å². The van der Waals surface area contributed by atoms with Crippen LogP contribution in [0.5, 0.6) is 11.5 Å². The van der Waals surface area contributed by atoms with Crippen LogP contribution in [0.2, 0.25) is 0 Å². The molecule has 0 saturated heterocycles. The van der Waals surface area contributed by atoms with Crippen molar-refractivity contribution in [1.82, 2.24) is 0 Å². The predicted octanol–water partition coefficient (Wildman–Crippen LogP) is 4.97. The number of nitrogens with one attached hydrogen (secondary N) is 1. The lowest BCUT2D eigenvalue weighted by atomic mass is 10.1. The van der Waals surface area contributed by atoms with Crippen molar-refractivity contribution in [2.45, 2.75) is 13.3 Å². The van der Waals surface area contributed by atoms with Gasteiger partial charge in [-0.25, -0.2) is 0 Å². The summed E-state index contributed by atoms with van der Waals surface area (Å²) in [5.41, 5.74) is 2.90. The number of amides is 1. The Labute approximate surface area is 141 Å². The molecular formula is C21H19NO2. The molecule has 0 fully saturated rings. The average Bonchev–Trinajstić information content (AvgIpc) is 2.58. The van der Waals surface area contributed by atoms with Crippen molar-refractivity contribution < 1.29 is 9.53 Å². The molecule has 1 amide bonds. The fraction of sp³-hybridized carbons (Fsp3) is 0.0952. The summed E-state index contributed by atoms with van der Waals surface area (Å²) in [5.74, 6) is 1.42. The van der Waals surface area contributed by atoms with Gasteiger partial charge in [-0.15, -0.1) is 0 Å². The van der Waals surface area contributed by atoms with E-state index in [2.05, 4.69) is 5.32 Å². The lowest BCUT2D eigenvalue weighted by molar-refractivity contribution is -0.115. The molecule has 0 aliphatic rings. The van der Waals surface area contributed by atoms with Crippen molar-refractivity contribution in [2.75, 3.05) is 5.32 Å². The van der Waals surface area contributed by atoms with Crippen LogP contribution in [0.1, 0.15) is 11.1 Å². The Kier molecular flexibility index (Phi) is 4.92. The molecule has 0 aliphatic carbocycles. The Hall–Kier alpha value is -3.07. The second-order valence-electron chi connectivity index (χ2n) is 5.65. The van der Waals surface area contributed by atoms with Crippen molar-refractivity contribution in [2.24, 2.45) is 0 Å². The minimum absolute atomic E-state index is 0.0475. The first-order chi connectivity index (χ1) is 11.7. The number of carbonyl (C=O) groups excluding carboxylic acids is 1. The molecule has 3 nitrogen and oxygen atoms in total. The molecule has 120 valence electrons. The van der Waals surface area contributed by atoms with Crippen LogP contribution < -0.4 is 10.1 Å². The van der Waals surface area contributed by atoms with Gasteiger partial charge in [0, 0.05) is 11.8 Å². The van der Waals surface area contributed by atoms with Gasteiger partial charge in [-0.1, -0.05) is 54.1 Å². The molecule has 1 N–H and O–H groups in total. The lowest BCUT2D eigenvalue weighted by Crippen LogP contribution is -2.14. The highest BCUT2D eigenvalue weighted by Gasteiger charge is 2.05. The molecular weight excluding hydrogens is 298 g/mol. The zero-order chi connectivity index (χ0) is 16.8. The van der Waals surface area contributed by atoms with E-state index in [0.717, 1.165) is 17.0 Å². The highest BCUT2D eigenvalue weighted by atomic mass is 16.5. The number of aryl methyl sites for hydroxylation is 1. The van der Waals surface area contributed by atoms with Gasteiger partial charge in [0.2, 0.25) is 5.91 Å². The zero-order valence-electron chi connectivity index (χ0n) is 13.5. The second kappa shape index (κ2) is 7.47. The minimum Gasteiger partial charge on any atom is -0.457 e. The molecule has 0 aliphatic heterocycles. The van der Waals surface area contributed by atoms with Gasteiger partial charge in [0.05, 0.1) is 6.42 Å². The van der Waals surface area contributed by atoms with E-state index in [-0.39, 0.29) is 5.91 Å². The van der Waals surface area contributed by atoms with E-state index >= 15 is 0 Å². The van der Waals surface area contributed by atoms with Crippen molar-refractivity contribution in [1.29, 1.82) is 0 Å². The number of anilines is 1. The third kappa shape index (κ3) is 4.46. The Balaban J connectivity index is 1.64. The molecule has 0 unspecified atom stereocenters. The molecule has 0 heterocycles. The second-order valence-corrected chi connectivity index (χ2v) is 5.65. The summed E-state index contributed by atoms with van der Waals surface area (Å²) in [7, 11) is 0. The molecule has 3 rings (SSSR count). The topological polar surface area (TPSA) is 38.3 Å². The molecule has 24 heavy (non-hydrogen) atoms. The van der Waals surface area contributed by atoms with Crippen LogP contribution >= 0.6 is 0 Å². The summed E-state index contributed by atoms with van der Waals surface area (Å²) in [6.45, 7) is 2.03. The summed E-state index contributed by atoms with van der Waals surface area (Å²) < 4.78 is 5.82. The summed E-state index contributed by atoms with van der Waals surface area (Å²) in [4.78, 5) is 12.1. The maximum atomic E-state index is 12.1. The first-order valence-corrected chi connectivity index (χ1v) is 7.87. The van der Waals surface area contributed by atoms with Crippen LogP contribution in [-0.2, 0) is 11.2 Å². The number of carbonyl (C=O) groups is 1. The Morgan fingerprint density at radius 2 is 1.62 bits per heavy atom. The van der Waals surface area contributed by atoms with Crippen LogP contribution in [0.25, 0.3) is 0 Å². The SMILES string of the molecule is Cc1ccc(Oc2cccc(NC(=O)Cc3ccccc3)c2)cc1. The van der Waals surface area contributed by atoms with E-state index in [0.29, 0.717) is 12.2 Å². The first-order valence-electron chi connectivity index (χ1n) is 7.87. The highest BCUT2D eigenvalue weighted by molar-refractivity contribution is 5.92. The van der Waals surface area contributed by atoms with Crippen LogP contribution in [0.4, 0.5) is 5.69 Å². The van der Waals surface area contributed by atoms with Gasteiger partial charge in [0.1, 0.15) is 11.5 Å². The third-order valence-electron chi connectivity index (χ3n) is 3.58. The van der Waals surface area contributed by atoms with Crippen molar-refractivity contribution in [3.05, 3.63) is 90.0 Å². The summed E-state index contributed by atoms with van der Waals surface area (Å²) in [5, 5.41) is 2.91. The third-order valence-corrected chi connectivity index (χ3v) is 3.58. The number of rotatable bonds is 5. The maximum Gasteiger partial charge on any atom is 0.228 e. The first kappa shape index (κ1) is 15.8. The van der Waals surface area contributed by atoms with E-state index < -0.39 is 0 Å². The number of hydrogen-bond donors (Lipinski definition) is 1. The molecule has 0 saturated carbocycles. The molecule has 3 aromatic carbocycles. The number of benzene rings is 3. The molecule has 0 radical (unpaired) electrons. The van der Waals surface area contributed by atoms with Gasteiger partial charge >= 0.3 is 0 Å². The predicted molar refractivity (Wildman–Crippen MR) is 96.5 cm³/mol. The van der Waals surface area contributed by atoms with E-state index in [9.17, 15) is 4.79 Å². The van der Waals surface area contributed by atoms with Gasteiger partial charge in [0.25, 0.3) is 0 Å². The van der Waals surface area contributed by atoms with Crippen LogP contribution in [-0.4, -0.2) is 5.91 Å². The smallest absolute Gasteiger partial charge is 0.228 e. The van der Waals surface area contributed by atoms with E-state index in [1.165, 1.54) is 5.56 Å². The molecule has 3 heteroatoms. The monoisotopic (exact) mass is 317 g/mol. The van der Waals surface area contributed by atoms with Crippen molar-refractivity contribution in [3.8, 4) is 11.5 Å². The highest BCUT2D eigenvalue weighted by Crippen LogP contribution is 2.24. The maximum absolute atomic E-state index is 12.1. The van der Waals surface area contributed by atoms with Crippen LogP contribution in [0, 0.1) is 6.92 Å². The Morgan fingerprint density at radius 3 is 2.38 bits per heavy atom. The zero-order valence-corrected chi connectivity index (χ0v) is 13.5. The quantitative estimate of drug-likeness (QED) is 0.721. The summed E-state index contributed by atoms with van der Waals surface area (Å²) in [6, 6.07) is 24.9. The van der Waals surface area contributed by atoms with Gasteiger partial charge in [0.15, 0.2) is 0 Å². The van der Waals surface area contributed by atoms with Crippen molar-refractivity contribution >= 4 is 11.6 Å². The largest absolute Gasteiger partial charge is 0.457 e. The fourth-order valence-electron chi connectivity index (χ4n) is 2.37. The Bertz CT molecular complexity index is 811. The fourth-order valence-corrected chi connectivity index (χ4v) is 2.37. The minimum atomic E-state index is -0.0475. The van der Waals surface area contributed by atoms with Gasteiger partial charge in [-0.05, 0) is 36.8 Å².